The summed E-state index contributed by atoms with van der Waals surface area (Å²) in [7, 11) is -2.05. The van der Waals surface area contributed by atoms with E-state index in [2.05, 4.69) is 10.6 Å². The maximum absolute atomic E-state index is 12.5. The van der Waals surface area contributed by atoms with Gasteiger partial charge >= 0.3 is 0 Å². The number of amides is 2. The second-order valence-corrected chi connectivity index (χ2v) is 9.49. The number of benzene rings is 3. The molecule has 0 bridgehead atoms. The highest BCUT2D eigenvalue weighted by molar-refractivity contribution is 7.89. The van der Waals surface area contributed by atoms with Crippen molar-refractivity contribution in [3.8, 4) is 0 Å². The van der Waals surface area contributed by atoms with Gasteiger partial charge in [-0.25, -0.2) is 8.42 Å². The highest BCUT2D eigenvalue weighted by Gasteiger charge is 2.22. The Kier molecular flexibility index (Phi) is 7.07. The molecular formula is C24H25N3O4S. The molecule has 32 heavy (non-hydrogen) atoms. The van der Waals surface area contributed by atoms with E-state index in [1.54, 1.807) is 74.5 Å². The zero-order valence-electron chi connectivity index (χ0n) is 18.1. The lowest BCUT2D eigenvalue weighted by molar-refractivity contribution is 0.102. The predicted molar refractivity (Wildman–Crippen MR) is 125 cm³/mol. The van der Waals surface area contributed by atoms with E-state index in [0.717, 1.165) is 0 Å². The summed E-state index contributed by atoms with van der Waals surface area (Å²) in [5, 5.41) is 5.52. The van der Waals surface area contributed by atoms with Crippen molar-refractivity contribution in [2.45, 2.75) is 24.8 Å². The number of hydrogen-bond acceptors (Lipinski definition) is 4. The summed E-state index contributed by atoms with van der Waals surface area (Å²) < 4.78 is 26.4. The van der Waals surface area contributed by atoms with Crippen LogP contribution in [0.3, 0.4) is 0 Å². The van der Waals surface area contributed by atoms with E-state index >= 15 is 0 Å². The number of carbonyl (C=O) groups is 2. The average molecular weight is 452 g/mol. The summed E-state index contributed by atoms with van der Waals surface area (Å²) in [4.78, 5) is 24.9. The second kappa shape index (κ2) is 9.76. The van der Waals surface area contributed by atoms with Crippen LogP contribution in [-0.4, -0.2) is 37.6 Å². The van der Waals surface area contributed by atoms with Crippen LogP contribution in [0, 0.1) is 0 Å². The fraction of sp³-hybridized carbons (Fsp3) is 0.167. The first-order chi connectivity index (χ1) is 15.2. The summed E-state index contributed by atoms with van der Waals surface area (Å²) in [6.45, 7) is 3.59. The SMILES string of the molecule is CC(C)N(C)S(=O)(=O)c1ccc(NC(=O)c2ccc(NC(=O)c3ccccc3)cc2)cc1. The van der Waals surface area contributed by atoms with E-state index in [4.69, 9.17) is 0 Å². The van der Waals surface area contributed by atoms with E-state index in [0.29, 0.717) is 22.5 Å². The van der Waals surface area contributed by atoms with Crippen LogP contribution in [0.15, 0.2) is 83.8 Å². The Morgan fingerprint density at radius 3 is 1.62 bits per heavy atom. The van der Waals surface area contributed by atoms with Gasteiger partial charge in [-0.15, -0.1) is 0 Å². The highest BCUT2D eigenvalue weighted by atomic mass is 32.2. The molecule has 3 rings (SSSR count). The lowest BCUT2D eigenvalue weighted by Gasteiger charge is -2.21. The number of nitrogens with zero attached hydrogens (tertiary/aromatic N) is 1. The number of sulfonamides is 1. The van der Waals surface area contributed by atoms with Crippen LogP contribution in [0.1, 0.15) is 34.6 Å². The van der Waals surface area contributed by atoms with Crippen molar-refractivity contribution in [3.05, 3.63) is 90.0 Å². The third kappa shape index (κ3) is 5.40. The van der Waals surface area contributed by atoms with E-state index in [1.165, 1.54) is 23.5 Å². The number of nitrogens with one attached hydrogen (secondary N) is 2. The molecule has 0 aliphatic carbocycles. The maximum Gasteiger partial charge on any atom is 0.255 e. The maximum atomic E-state index is 12.5. The van der Waals surface area contributed by atoms with Gasteiger partial charge in [-0.3, -0.25) is 9.59 Å². The smallest absolute Gasteiger partial charge is 0.255 e. The van der Waals surface area contributed by atoms with Gasteiger partial charge in [0.25, 0.3) is 11.8 Å². The minimum absolute atomic E-state index is 0.158. The van der Waals surface area contributed by atoms with Crippen molar-refractivity contribution in [1.29, 1.82) is 0 Å². The molecule has 166 valence electrons. The van der Waals surface area contributed by atoms with Crippen LogP contribution >= 0.6 is 0 Å². The van der Waals surface area contributed by atoms with Crippen LogP contribution in [0.5, 0.6) is 0 Å². The Bertz CT molecular complexity index is 1190. The Morgan fingerprint density at radius 1 is 0.719 bits per heavy atom. The largest absolute Gasteiger partial charge is 0.322 e. The van der Waals surface area contributed by atoms with Crippen molar-refractivity contribution >= 4 is 33.2 Å². The molecule has 8 heteroatoms. The van der Waals surface area contributed by atoms with Crippen molar-refractivity contribution in [2.75, 3.05) is 17.7 Å². The highest BCUT2D eigenvalue weighted by Crippen LogP contribution is 2.20. The number of anilines is 2. The zero-order chi connectivity index (χ0) is 23.3. The average Bonchev–Trinajstić information content (AvgIpc) is 2.79. The van der Waals surface area contributed by atoms with Crippen molar-refractivity contribution in [1.82, 2.24) is 4.31 Å². The van der Waals surface area contributed by atoms with E-state index < -0.39 is 10.0 Å². The minimum Gasteiger partial charge on any atom is -0.322 e. The summed E-state index contributed by atoms with van der Waals surface area (Å²) in [6.07, 6.45) is 0. The normalized spacial score (nSPS) is 11.4. The first-order valence-electron chi connectivity index (χ1n) is 10.0. The van der Waals surface area contributed by atoms with Gasteiger partial charge in [0.2, 0.25) is 10.0 Å². The van der Waals surface area contributed by atoms with Crippen LogP contribution in [0.4, 0.5) is 11.4 Å². The lowest BCUT2D eigenvalue weighted by Crippen LogP contribution is -2.33. The molecule has 7 nitrogen and oxygen atoms in total. The Morgan fingerprint density at radius 2 is 1.16 bits per heavy atom. The molecule has 0 unspecified atom stereocenters. The molecule has 0 aromatic heterocycles. The minimum atomic E-state index is -3.58. The monoisotopic (exact) mass is 451 g/mol. The summed E-state index contributed by atoms with van der Waals surface area (Å²) in [6, 6.07) is 21.2. The molecule has 0 saturated carbocycles. The topological polar surface area (TPSA) is 95.6 Å². The molecule has 0 spiro atoms. The molecule has 0 aliphatic rings. The van der Waals surface area contributed by atoms with Crippen molar-refractivity contribution in [3.63, 3.8) is 0 Å². The molecule has 2 amide bonds. The van der Waals surface area contributed by atoms with Crippen LogP contribution in [0.2, 0.25) is 0 Å². The summed E-state index contributed by atoms with van der Waals surface area (Å²) >= 11 is 0. The van der Waals surface area contributed by atoms with Gasteiger partial charge in [-0.2, -0.15) is 4.31 Å². The standard InChI is InChI=1S/C24H25N3O4S/c1-17(2)27(3)32(30,31)22-15-13-21(14-16-22)26-24(29)19-9-11-20(12-10-19)25-23(28)18-7-5-4-6-8-18/h4-17H,1-3H3,(H,25,28)(H,26,29). The molecule has 0 atom stereocenters. The van der Waals surface area contributed by atoms with Crippen LogP contribution < -0.4 is 10.6 Å². The number of hydrogen-bond donors (Lipinski definition) is 2. The molecular weight excluding hydrogens is 426 g/mol. The third-order valence-electron chi connectivity index (χ3n) is 4.96. The fourth-order valence-electron chi connectivity index (χ4n) is 2.86. The molecule has 0 heterocycles. The molecule has 0 fully saturated rings. The van der Waals surface area contributed by atoms with Gasteiger partial charge in [0.05, 0.1) is 4.90 Å². The molecule has 2 N–H and O–H groups in total. The van der Waals surface area contributed by atoms with E-state index in [1.807, 2.05) is 6.07 Å². The molecule has 0 radical (unpaired) electrons. The quantitative estimate of drug-likeness (QED) is 0.562. The van der Waals surface area contributed by atoms with Gasteiger partial charge in [0.15, 0.2) is 0 Å². The summed E-state index contributed by atoms with van der Waals surface area (Å²) in [5.74, 6) is -0.582. The molecule has 0 aliphatic heterocycles. The Labute approximate surface area is 188 Å². The first kappa shape index (κ1) is 23.2. The van der Waals surface area contributed by atoms with Crippen molar-refractivity contribution in [2.24, 2.45) is 0 Å². The number of rotatable bonds is 7. The fourth-order valence-corrected chi connectivity index (χ4v) is 4.22. The predicted octanol–water partition coefficient (Wildman–Crippen LogP) is 4.22. The molecule has 3 aromatic rings. The van der Waals surface area contributed by atoms with Crippen LogP contribution in [-0.2, 0) is 10.0 Å². The van der Waals surface area contributed by atoms with Crippen LogP contribution in [0.25, 0.3) is 0 Å². The first-order valence-corrected chi connectivity index (χ1v) is 11.5. The molecule has 0 saturated heterocycles. The van der Waals surface area contributed by atoms with Gasteiger partial charge in [0.1, 0.15) is 0 Å². The second-order valence-electron chi connectivity index (χ2n) is 7.49. The van der Waals surface area contributed by atoms with Gasteiger partial charge in [-0.05, 0) is 74.5 Å². The van der Waals surface area contributed by atoms with Gasteiger partial charge in [-0.1, -0.05) is 18.2 Å². The third-order valence-corrected chi connectivity index (χ3v) is 7.01. The number of carbonyl (C=O) groups excluding carboxylic acids is 2. The lowest BCUT2D eigenvalue weighted by atomic mass is 10.1. The summed E-state index contributed by atoms with van der Waals surface area (Å²) in [5.41, 5.74) is 1.99. The zero-order valence-corrected chi connectivity index (χ0v) is 18.9. The molecule has 3 aromatic carbocycles. The van der Waals surface area contributed by atoms with E-state index in [9.17, 15) is 18.0 Å². The Hall–Kier alpha value is -3.49. The van der Waals surface area contributed by atoms with E-state index in [-0.39, 0.29) is 22.8 Å². The Balaban J connectivity index is 1.64. The van der Waals surface area contributed by atoms with Crippen molar-refractivity contribution < 1.29 is 18.0 Å². The van der Waals surface area contributed by atoms with Gasteiger partial charge in [0, 0.05) is 35.6 Å². The van der Waals surface area contributed by atoms with Gasteiger partial charge < -0.3 is 10.6 Å².